The molecule has 0 aliphatic rings. The van der Waals surface area contributed by atoms with Crippen molar-refractivity contribution in [2.24, 2.45) is 11.3 Å². The van der Waals surface area contributed by atoms with E-state index in [1.165, 1.54) is 0 Å². The first kappa shape index (κ1) is 21.4. The van der Waals surface area contributed by atoms with Crippen molar-refractivity contribution in [2.75, 3.05) is 25.6 Å². The van der Waals surface area contributed by atoms with Crippen LogP contribution in [0, 0.1) is 11.3 Å². The molecule has 0 aromatic carbocycles. The molecule has 130 valence electrons. The Kier molecular flexibility index (Phi) is 8.12. The van der Waals surface area contributed by atoms with E-state index >= 15 is 0 Å². The van der Waals surface area contributed by atoms with E-state index in [4.69, 9.17) is 8.92 Å². The van der Waals surface area contributed by atoms with Crippen LogP contribution >= 0.6 is 8.46 Å². The second-order valence-corrected chi connectivity index (χ2v) is 7.80. The zero-order valence-corrected chi connectivity index (χ0v) is 15.5. The average molecular weight is 357 g/mol. The quantitative estimate of drug-likeness (QED) is 0.444. The number of hydrogen-bond acceptors (Lipinski definition) is 6. The highest BCUT2D eigenvalue weighted by Gasteiger charge is 2.61. The summed E-state index contributed by atoms with van der Waals surface area (Å²) in [5, 5.41) is 9.77. The van der Waals surface area contributed by atoms with Gasteiger partial charge in [0.2, 0.25) is 5.60 Å². The summed E-state index contributed by atoms with van der Waals surface area (Å²) in [4.78, 5) is 12.0. The Bertz CT molecular complexity index is 491. The second kappa shape index (κ2) is 8.34. The molecule has 9 heteroatoms. The summed E-state index contributed by atoms with van der Waals surface area (Å²) in [5.41, 5.74) is -2.90. The largest absolute Gasteiger partial charge is 0.479 e. The lowest BCUT2D eigenvalue weighted by atomic mass is 9.64. The highest BCUT2D eigenvalue weighted by Crippen LogP contribution is 2.47. The molecule has 3 atom stereocenters. The normalized spacial score (nSPS) is 18.1. The van der Waals surface area contributed by atoms with Gasteiger partial charge in [-0.3, -0.25) is 4.18 Å². The number of rotatable bonds is 11. The maximum atomic E-state index is 12.0. The molecule has 0 aliphatic heterocycles. The highest BCUT2D eigenvalue weighted by atomic mass is 32.2. The molecular formula is C13H26O7PS+. The smallest absolute Gasteiger partial charge is 0.341 e. The van der Waals surface area contributed by atoms with Crippen molar-refractivity contribution < 1.29 is 31.8 Å². The van der Waals surface area contributed by atoms with E-state index in [0.29, 0.717) is 6.42 Å². The average Bonchev–Trinajstić information content (AvgIpc) is 2.38. The van der Waals surface area contributed by atoms with Gasteiger partial charge in [0.1, 0.15) is 0 Å². The SMILES string of the molecule is CCOC(C[PH+]=O)(C(=O)O)C(CC)(COS(C)(=O)=O)C(C)C. The van der Waals surface area contributed by atoms with Gasteiger partial charge in [0.05, 0.1) is 12.9 Å². The van der Waals surface area contributed by atoms with Crippen molar-refractivity contribution in [1.82, 2.24) is 0 Å². The van der Waals surface area contributed by atoms with E-state index < -0.39 is 35.6 Å². The van der Waals surface area contributed by atoms with E-state index in [1.54, 1.807) is 27.7 Å². The molecule has 0 aromatic heterocycles. The predicted molar refractivity (Wildman–Crippen MR) is 84.2 cm³/mol. The van der Waals surface area contributed by atoms with Crippen molar-refractivity contribution >= 4 is 24.5 Å². The van der Waals surface area contributed by atoms with Crippen molar-refractivity contribution in [3.8, 4) is 0 Å². The Balaban J connectivity index is 6.15. The molecule has 0 rings (SSSR count). The fraction of sp³-hybridized carbons (Fsp3) is 0.923. The molecule has 0 heterocycles. The fourth-order valence-electron chi connectivity index (χ4n) is 2.83. The van der Waals surface area contributed by atoms with Crippen LogP contribution in [0.5, 0.6) is 0 Å². The van der Waals surface area contributed by atoms with E-state index in [0.717, 1.165) is 6.26 Å². The first-order chi connectivity index (χ1) is 10.0. The monoisotopic (exact) mass is 357 g/mol. The molecule has 1 N–H and O–H groups in total. The minimum atomic E-state index is -3.74. The predicted octanol–water partition coefficient (Wildman–Crippen LogP) is 1.90. The lowest BCUT2D eigenvalue weighted by Gasteiger charge is -2.47. The molecule has 0 saturated carbocycles. The summed E-state index contributed by atoms with van der Waals surface area (Å²) < 4.78 is 44.4. The standard InChI is InChI=1S/C13H25O7PS/c1-6-12(10(3)4,8-20-22(5,17)18)13(9-21-16,11(14)15)19-7-2/h10H,6-9H2,1-5H3,(H,14,15)/p+1. The lowest BCUT2D eigenvalue weighted by Crippen LogP contribution is -2.62. The van der Waals surface area contributed by atoms with Gasteiger partial charge >= 0.3 is 14.4 Å². The fourth-order valence-corrected chi connectivity index (χ4v) is 4.06. The van der Waals surface area contributed by atoms with Crippen LogP contribution in [-0.4, -0.2) is 50.7 Å². The van der Waals surface area contributed by atoms with Crippen LogP contribution in [0.4, 0.5) is 0 Å². The minimum Gasteiger partial charge on any atom is -0.479 e. The molecule has 3 unspecified atom stereocenters. The van der Waals surface area contributed by atoms with Gasteiger partial charge in [-0.15, -0.1) is 0 Å². The van der Waals surface area contributed by atoms with Gasteiger partial charge in [-0.25, -0.2) is 4.79 Å². The van der Waals surface area contributed by atoms with E-state index in [1.807, 2.05) is 0 Å². The zero-order valence-electron chi connectivity index (χ0n) is 13.7. The summed E-state index contributed by atoms with van der Waals surface area (Å²) in [7, 11) is -4.63. The van der Waals surface area contributed by atoms with Gasteiger partial charge in [0.25, 0.3) is 10.1 Å². The Morgan fingerprint density at radius 3 is 2.14 bits per heavy atom. The van der Waals surface area contributed by atoms with E-state index in [9.17, 15) is 22.9 Å². The van der Waals surface area contributed by atoms with Gasteiger partial charge in [-0.05, 0) is 19.3 Å². The highest BCUT2D eigenvalue weighted by molar-refractivity contribution is 7.85. The number of ether oxygens (including phenoxy) is 1. The molecule has 22 heavy (non-hydrogen) atoms. The second-order valence-electron chi connectivity index (χ2n) is 5.52. The van der Waals surface area contributed by atoms with Crippen LogP contribution in [0.2, 0.25) is 0 Å². The maximum Gasteiger partial charge on any atom is 0.341 e. The van der Waals surface area contributed by atoms with Gasteiger partial charge in [-0.1, -0.05) is 25.3 Å². The Labute approximate surface area is 133 Å². The van der Waals surface area contributed by atoms with E-state index in [2.05, 4.69) is 0 Å². The topological polar surface area (TPSA) is 107 Å². The molecule has 0 spiro atoms. The van der Waals surface area contributed by atoms with Gasteiger partial charge in [0.15, 0.2) is 6.16 Å². The molecule has 0 aromatic rings. The molecule has 0 fully saturated rings. The number of aliphatic carboxylic acids is 1. The van der Waals surface area contributed by atoms with Crippen molar-refractivity contribution in [3.63, 3.8) is 0 Å². The number of hydrogen-bond donors (Lipinski definition) is 1. The summed E-state index contributed by atoms with van der Waals surface area (Å²) in [5.74, 6) is -1.52. The molecule has 0 radical (unpaired) electrons. The Morgan fingerprint density at radius 2 is 1.86 bits per heavy atom. The molecule has 7 nitrogen and oxygen atoms in total. The van der Waals surface area contributed by atoms with Crippen LogP contribution in [0.25, 0.3) is 0 Å². The third kappa shape index (κ3) is 4.47. The van der Waals surface area contributed by atoms with Crippen LogP contribution < -0.4 is 0 Å². The molecule has 0 saturated heterocycles. The third-order valence-electron chi connectivity index (χ3n) is 4.13. The minimum absolute atomic E-state index is 0.101. The summed E-state index contributed by atoms with van der Waals surface area (Å²) in [6, 6.07) is 0. The molecule has 0 amide bonds. The van der Waals surface area contributed by atoms with Crippen LogP contribution in [0.15, 0.2) is 0 Å². The van der Waals surface area contributed by atoms with Crippen molar-refractivity contribution in [3.05, 3.63) is 0 Å². The Morgan fingerprint density at radius 1 is 1.32 bits per heavy atom. The van der Waals surface area contributed by atoms with E-state index in [-0.39, 0.29) is 25.3 Å². The number of carboxylic acid groups (broad SMARTS) is 1. The Hall–Kier alpha value is -0.560. The van der Waals surface area contributed by atoms with Crippen LogP contribution in [0.1, 0.15) is 34.1 Å². The van der Waals surface area contributed by atoms with Crippen molar-refractivity contribution in [2.45, 2.75) is 39.7 Å². The summed E-state index contributed by atoms with van der Waals surface area (Å²) in [6.45, 7) is 6.71. The van der Waals surface area contributed by atoms with Crippen LogP contribution in [0.3, 0.4) is 0 Å². The molecule has 0 aliphatic carbocycles. The zero-order chi connectivity index (χ0) is 17.6. The molecule has 0 bridgehead atoms. The maximum absolute atomic E-state index is 12.0. The van der Waals surface area contributed by atoms with Gasteiger partial charge in [0, 0.05) is 12.0 Å². The van der Waals surface area contributed by atoms with Gasteiger partial charge < -0.3 is 9.84 Å². The van der Waals surface area contributed by atoms with Crippen molar-refractivity contribution in [1.29, 1.82) is 0 Å². The first-order valence-corrected chi connectivity index (χ1v) is 10.0. The lowest BCUT2D eigenvalue weighted by molar-refractivity contribution is -0.195. The number of carbonyl (C=O) groups is 1. The summed E-state index contributed by atoms with van der Waals surface area (Å²) >= 11 is 0. The third-order valence-corrected chi connectivity index (χ3v) is 5.32. The molecular weight excluding hydrogens is 331 g/mol. The summed E-state index contributed by atoms with van der Waals surface area (Å²) in [6.07, 6.45) is 0.985. The first-order valence-electron chi connectivity index (χ1n) is 7.09. The number of carboxylic acids is 1. The van der Waals surface area contributed by atoms with Crippen LogP contribution in [-0.2, 0) is 28.4 Å². The van der Waals surface area contributed by atoms with Gasteiger partial charge in [-0.2, -0.15) is 8.42 Å².